The highest BCUT2D eigenvalue weighted by Gasteiger charge is 2.46. The predicted octanol–water partition coefficient (Wildman–Crippen LogP) is 13.6. The zero-order valence-electron chi connectivity index (χ0n) is 47.9. The lowest BCUT2D eigenvalue weighted by Gasteiger charge is -2.41. The van der Waals surface area contributed by atoms with Crippen LogP contribution in [0.4, 0.5) is 0 Å². The second-order valence-corrected chi connectivity index (χ2v) is 23.0. The molecule has 2 unspecified atom stereocenters. The molecule has 0 spiro atoms. The molecule has 304 valence electrons. The van der Waals surface area contributed by atoms with E-state index in [0.717, 1.165) is 51.1 Å². The molecule has 2 atom stereocenters. The van der Waals surface area contributed by atoms with Crippen LogP contribution in [0.3, 0.4) is 0 Å². The summed E-state index contributed by atoms with van der Waals surface area (Å²) in [5.41, 5.74) is -1.11. The van der Waals surface area contributed by atoms with Crippen molar-refractivity contribution < 1.29 is 19.2 Å². The predicted molar refractivity (Wildman–Crippen MR) is 263 cm³/mol. The highest BCUT2D eigenvalue weighted by atomic mass is 32.2. The van der Waals surface area contributed by atoms with Gasteiger partial charge in [0.1, 0.15) is 0 Å². The van der Waals surface area contributed by atoms with Crippen LogP contribution < -0.4 is 20.7 Å². The van der Waals surface area contributed by atoms with Crippen LogP contribution >= 0.6 is 23.5 Å². The standard InChI is InChI=1S/C58H56S2Si/c1-57(2)47-29-15-16-31-51(47)59-55-49(57)30-18-32-53(55)61(43-24-7-5-8-25-43,44-26-9-6-10-27-44)45-28-17-23-42(37-45)54-46(40-21-13-14-22-40)34-36-50-56(54)60-52-38-41(39-19-11-12-20-39)33-35-48(52)58(50,3)4/h5-10,15-18,23-40H,11-14,19-22H2,1-4H3/i1D3,2D3,3D3,4D3,21D,39D. The summed E-state index contributed by atoms with van der Waals surface area (Å²) in [6, 6.07) is 49.7. The third-order valence-corrected chi connectivity index (χ3v) is 21.1. The molecule has 2 aliphatic carbocycles. The van der Waals surface area contributed by atoms with Crippen molar-refractivity contribution >= 4 is 52.3 Å². The van der Waals surface area contributed by atoms with Crippen molar-refractivity contribution in [3.8, 4) is 11.1 Å². The molecule has 0 bridgehead atoms. The molecule has 0 radical (unpaired) electrons. The fourth-order valence-electron chi connectivity index (χ4n) is 10.8. The number of rotatable bonds is 7. The Bertz CT molecular complexity index is 3250. The first-order chi connectivity index (χ1) is 35.5. The summed E-state index contributed by atoms with van der Waals surface area (Å²) in [6.07, 6.45) is 4.80. The summed E-state index contributed by atoms with van der Waals surface area (Å²) in [6.45, 7) is -12.2. The monoisotopic (exact) mass is 858 g/mol. The highest BCUT2D eigenvalue weighted by Crippen LogP contribution is 2.56. The Morgan fingerprint density at radius 3 is 1.87 bits per heavy atom. The van der Waals surface area contributed by atoms with Crippen molar-refractivity contribution in [2.24, 2.45) is 0 Å². The van der Waals surface area contributed by atoms with Crippen LogP contribution in [0.25, 0.3) is 11.1 Å². The van der Waals surface area contributed by atoms with Gasteiger partial charge in [-0.25, -0.2) is 0 Å². The zero-order valence-corrected chi connectivity index (χ0v) is 36.6. The number of hydrogen-bond acceptors (Lipinski definition) is 2. The normalized spacial score (nSPS) is 24.8. The lowest BCUT2D eigenvalue weighted by molar-refractivity contribution is 0.603. The molecule has 11 rings (SSSR count). The number of fused-ring (bicyclic) bond motifs is 4. The third-order valence-electron chi connectivity index (χ3n) is 13.7. The van der Waals surface area contributed by atoms with E-state index < -0.39 is 58.6 Å². The molecule has 2 aliphatic heterocycles. The summed E-state index contributed by atoms with van der Waals surface area (Å²) in [5, 5.41) is 3.56. The van der Waals surface area contributed by atoms with Crippen molar-refractivity contribution in [2.45, 2.75) is 121 Å². The molecule has 0 saturated heterocycles. The van der Waals surface area contributed by atoms with Crippen LogP contribution in [-0.2, 0) is 10.8 Å². The van der Waals surface area contributed by atoms with Gasteiger partial charge in [0.2, 0.25) is 0 Å². The molecule has 0 N–H and O–H groups in total. The van der Waals surface area contributed by atoms with E-state index in [-0.39, 0.29) is 28.2 Å². The first-order valence-electron chi connectivity index (χ1n) is 28.7. The number of benzene rings is 7. The molecule has 2 fully saturated rings. The Labute approximate surface area is 393 Å². The maximum absolute atomic E-state index is 9.54. The van der Waals surface area contributed by atoms with Crippen LogP contribution in [-0.4, -0.2) is 8.07 Å². The SMILES string of the molecule is [2H]C1CCCC1c1ccc2c(c1-c1cccc([Si](c3ccccc3)(c3ccccc3)c3cccc4c3Sc3ccccc3C4(C([2H])([2H])[2H])C([2H])([2H])[2H])c1)Sc1cc(C3([2H])CCCC3)ccc1C2(C([2H])([2H])[2H])C([2H])([2H])[2H]. The van der Waals surface area contributed by atoms with Crippen LogP contribution in [0.1, 0.15) is 143 Å². The van der Waals surface area contributed by atoms with Crippen molar-refractivity contribution in [1.29, 1.82) is 0 Å². The van der Waals surface area contributed by atoms with Crippen molar-refractivity contribution in [2.75, 3.05) is 0 Å². The number of hydrogen-bond donors (Lipinski definition) is 0. The molecule has 3 heteroatoms. The first-order valence-corrected chi connectivity index (χ1v) is 25.2. The minimum Gasteiger partial charge on any atom is -0.0895 e. The molecule has 7 aromatic carbocycles. The van der Waals surface area contributed by atoms with E-state index in [9.17, 15) is 19.2 Å². The van der Waals surface area contributed by atoms with Crippen LogP contribution in [0, 0.1) is 0 Å². The highest BCUT2D eigenvalue weighted by molar-refractivity contribution is 8.00. The maximum atomic E-state index is 9.54. The Kier molecular flexibility index (Phi) is 6.76. The Balaban J connectivity index is 1.25. The minimum absolute atomic E-state index is 0.172. The molecule has 0 amide bonds. The zero-order chi connectivity index (χ0) is 53.1. The van der Waals surface area contributed by atoms with Gasteiger partial charge in [-0.05, 0) is 115 Å². The van der Waals surface area contributed by atoms with Gasteiger partial charge in [0, 0.05) is 49.6 Å². The molecule has 2 heterocycles. The lowest BCUT2D eigenvalue weighted by Crippen LogP contribution is -2.75. The van der Waals surface area contributed by atoms with Gasteiger partial charge < -0.3 is 0 Å². The van der Waals surface area contributed by atoms with Crippen molar-refractivity contribution in [3.05, 3.63) is 191 Å². The van der Waals surface area contributed by atoms with Crippen LogP contribution in [0.5, 0.6) is 0 Å². The first kappa shape index (κ1) is 26.8. The summed E-state index contributed by atoms with van der Waals surface area (Å²) >= 11 is 2.75. The molecule has 2 saturated carbocycles. The molecule has 61 heavy (non-hydrogen) atoms. The molecular weight excluding hydrogens is 789 g/mol. The second-order valence-electron chi connectivity index (χ2n) is 17.1. The third kappa shape index (κ3) is 6.31. The van der Waals surface area contributed by atoms with Gasteiger partial charge >= 0.3 is 0 Å². The Morgan fingerprint density at radius 1 is 0.541 bits per heavy atom. The van der Waals surface area contributed by atoms with Gasteiger partial charge in [-0.3, -0.25) is 0 Å². The van der Waals surface area contributed by atoms with Gasteiger partial charge in [0.15, 0.2) is 8.07 Å². The van der Waals surface area contributed by atoms with E-state index in [4.69, 9.17) is 0 Å². The quantitative estimate of drug-likeness (QED) is 0.116. The van der Waals surface area contributed by atoms with E-state index in [1.165, 1.54) is 23.5 Å². The van der Waals surface area contributed by atoms with E-state index in [2.05, 4.69) is 36.4 Å². The fraction of sp³-hybridized carbons (Fsp3) is 0.276. The minimum atomic E-state index is -3.75. The van der Waals surface area contributed by atoms with E-state index in [1.54, 1.807) is 54.6 Å². The van der Waals surface area contributed by atoms with Gasteiger partial charge in [-0.1, -0.05) is 222 Å². The smallest absolute Gasteiger partial charge is 0.0895 e. The maximum Gasteiger partial charge on any atom is 0.180 e. The molecule has 0 aromatic heterocycles. The van der Waals surface area contributed by atoms with Crippen molar-refractivity contribution in [1.82, 2.24) is 0 Å². The van der Waals surface area contributed by atoms with Gasteiger partial charge in [-0.2, -0.15) is 0 Å². The fourth-order valence-corrected chi connectivity index (χ4v) is 18.8. The molecule has 4 aliphatic rings. The molecule has 7 aromatic rings. The van der Waals surface area contributed by atoms with Gasteiger partial charge in [0.25, 0.3) is 0 Å². The summed E-state index contributed by atoms with van der Waals surface area (Å²) < 4.78 is 130. The largest absolute Gasteiger partial charge is 0.180 e. The van der Waals surface area contributed by atoms with Crippen molar-refractivity contribution in [3.63, 3.8) is 0 Å². The van der Waals surface area contributed by atoms with Crippen LogP contribution in [0.15, 0.2) is 177 Å². The molecular formula is C58H56S2Si. The second kappa shape index (κ2) is 15.4. The Hall–Kier alpha value is -4.54. The topological polar surface area (TPSA) is 0 Å². The lowest BCUT2D eigenvalue weighted by atomic mass is 9.75. The van der Waals surface area contributed by atoms with E-state index in [0.29, 0.717) is 56.4 Å². The molecule has 0 nitrogen and oxygen atoms in total. The van der Waals surface area contributed by atoms with E-state index in [1.807, 2.05) is 66.7 Å². The summed E-state index contributed by atoms with van der Waals surface area (Å²) in [5.74, 6) is -1.14. The summed E-state index contributed by atoms with van der Waals surface area (Å²) in [7, 11) is -3.75. The summed E-state index contributed by atoms with van der Waals surface area (Å²) in [4.78, 5) is 2.10. The van der Waals surface area contributed by atoms with Gasteiger partial charge in [0.05, 0.1) is 0 Å². The van der Waals surface area contributed by atoms with E-state index >= 15 is 0 Å². The average Bonchev–Trinajstić information content (AvgIpc) is 4.17. The van der Waals surface area contributed by atoms with Gasteiger partial charge in [-0.15, -0.1) is 0 Å². The van der Waals surface area contributed by atoms with Crippen LogP contribution in [0.2, 0.25) is 0 Å². The average molecular weight is 859 g/mol. The Morgan fingerprint density at radius 2 is 1.15 bits per heavy atom.